The van der Waals surface area contributed by atoms with Gasteiger partial charge in [0.2, 0.25) is 23.6 Å². The molecule has 37 heavy (non-hydrogen) atoms. The SMILES string of the molecule is CCC(C)C(N)C(=O)NC(CC(N)=O)C(=O)NC(Cc1cnc[nH]1)C(=O)NC(Cc1cnc[nH]1)C(=O)O. The van der Waals surface area contributed by atoms with E-state index in [1.807, 2.05) is 6.92 Å². The van der Waals surface area contributed by atoms with E-state index in [-0.39, 0.29) is 18.8 Å². The number of amides is 4. The number of carboxylic acids is 1. The number of hydrogen-bond donors (Lipinski definition) is 8. The molecular weight excluding hydrogens is 486 g/mol. The first-order chi connectivity index (χ1) is 17.5. The van der Waals surface area contributed by atoms with Crippen LogP contribution < -0.4 is 27.4 Å². The van der Waals surface area contributed by atoms with Crippen molar-refractivity contribution < 1.29 is 29.1 Å². The predicted octanol–water partition coefficient (Wildman–Crippen LogP) is -2.29. The quantitative estimate of drug-likeness (QED) is 0.126. The third kappa shape index (κ3) is 9.03. The Morgan fingerprint density at radius 1 is 0.892 bits per heavy atom. The number of nitrogens with zero attached hydrogens (tertiary/aromatic N) is 2. The van der Waals surface area contributed by atoms with E-state index in [0.717, 1.165) is 0 Å². The molecule has 0 saturated carbocycles. The Morgan fingerprint density at radius 2 is 1.38 bits per heavy atom. The molecule has 2 aromatic rings. The number of H-pyrrole nitrogens is 2. The zero-order valence-electron chi connectivity index (χ0n) is 20.6. The third-order valence-electron chi connectivity index (χ3n) is 5.80. The average molecular weight is 520 g/mol. The molecule has 0 fully saturated rings. The van der Waals surface area contributed by atoms with E-state index in [9.17, 15) is 29.1 Å². The molecule has 5 unspecified atom stereocenters. The highest BCUT2D eigenvalue weighted by atomic mass is 16.4. The number of aliphatic carboxylic acids is 1. The van der Waals surface area contributed by atoms with Gasteiger partial charge in [-0.2, -0.15) is 0 Å². The summed E-state index contributed by atoms with van der Waals surface area (Å²) in [7, 11) is 0. The monoisotopic (exact) mass is 519 g/mol. The number of carbonyl (C=O) groups excluding carboxylic acids is 4. The second kappa shape index (κ2) is 13.7. The van der Waals surface area contributed by atoms with Crippen molar-refractivity contribution in [2.24, 2.45) is 17.4 Å². The number of carboxylic acid groups (broad SMARTS) is 1. The lowest BCUT2D eigenvalue weighted by Gasteiger charge is -2.25. The lowest BCUT2D eigenvalue weighted by Crippen LogP contribution is -2.58. The molecule has 0 aliphatic rings. The minimum Gasteiger partial charge on any atom is -0.480 e. The molecule has 202 valence electrons. The lowest BCUT2D eigenvalue weighted by molar-refractivity contribution is -0.142. The maximum atomic E-state index is 13.1. The van der Waals surface area contributed by atoms with Gasteiger partial charge in [-0.3, -0.25) is 19.2 Å². The molecule has 2 rings (SSSR count). The summed E-state index contributed by atoms with van der Waals surface area (Å²) in [6.45, 7) is 3.61. The van der Waals surface area contributed by atoms with Crippen molar-refractivity contribution in [3.63, 3.8) is 0 Å². The number of primary amides is 1. The van der Waals surface area contributed by atoms with Gasteiger partial charge in [0.1, 0.15) is 18.1 Å². The Kier molecular flexibility index (Phi) is 10.7. The van der Waals surface area contributed by atoms with Gasteiger partial charge in [0.15, 0.2) is 0 Å². The van der Waals surface area contributed by atoms with Gasteiger partial charge in [-0.05, 0) is 5.92 Å². The zero-order valence-corrected chi connectivity index (χ0v) is 20.6. The molecule has 0 aromatic carbocycles. The highest BCUT2D eigenvalue weighted by Crippen LogP contribution is 2.07. The normalized spacial score (nSPS) is 15.0. The van der Waals surface area contributed by atoms with Gasteiger partial charge in [0.25, 0.3) is 0 Å². The molecule has 15 heteroatoms. The molecule has 0 spiro atoms. The summed E-state index contributed by atoms with van der Waals surface area (Å²) in [5.74, 6) is -4.70. The standard InChI is InChI=1S/C22H33N9O6/c1-3-11(2)18(24)21(35)30-15(6-17(23)32)20(34)29-14(4-12-7-25-9-27-12)19(33)31-16(22(36)37)5-13-8-26-10-28-13/h7-11,14-16,18H,3-6,24H2,1-2H3,(H2,23,32)(H,25,27)(H,26,28)(H,29,34)(H,30,35)(H,31,33)(H,36,37). The summed E-state index contributed by atoms with van der Waals surface area (Å²) in [6.07, 6.45) is 5.50. The number of nitrogens with two attached hydrogens (primary N) is 2. The van der Waals surface area contributed by atoms with Gasteiger partial charge in [-0.1, -0.05) is 20.3 Å². The summed E-state index contributed by atoms with van der Waals surface area (Å²) in [5.41, 5.74) is 12.1. The summed E-state index contributed by atoms with van der Waals surface area (Å²) in [4.78, 5) is 75.4. The minimum atomic E-state index is -1.41. The van der Waals surface area contributed by atoms with Crippen LogP contribution in [0.4, 0.5) is 0 Å². The van der Waals surface area contributed by atoms with Crippen LogP contribution in [0.15, 0.2) is 25.0 Å². The van der Waals surface area contributed by atoms with Gasteiger partial charge < -0.3 is 42.5 Å². The summed E-state index contributed by atoms with van der Waals surface area (Å²) in [6, 6.07) is -4.95. The van der Waals surface area contributed by atoms with Gasteiger partial charge in [-0.25, -0.2) is 14.8 Å². The Bertz CT molecular complexity index is 1060. The van der Waals surface area contributed by atoms with E-state index < -0.39 is 60.2 Å². The number of rotatable bonds is 15. The summed E-state index contributed by atoms with van der Waals surface area (Å²) < 4.78 is 0. The summed E-state index contributed by atoms with van der Waals surface area (Å²) in [5, 5.41) is 16.9. The molecule has 4 amide bonds. The third-order valence-corrected chi connectivity index (χ3v) is 5.80. The molecule has 0 radical (unpaired) electrons. The molecule has 0 bridgehead atoms. The van der Waals surface area contributed by atoms with Crippen LogP contribution in [0.3, 0.4) is 0 Å². The summed E-state index contributed by atoms with van der Waals surface area (Å²) >= 11 is 0. The topological polar surface area (TPSA) is 251 Å². The van der Waals surface area contributed by atoms with Crippen LogP contribution in [0, 0.1) is 5.92 Å². The molecule has 0 aliphatic carbocycles. The van der Waals surface area contributed by atoms with E-state index in [1.54, 1.807) is 6.92 Å². The Balaban J connectivity index is 2.21. The molecule has 5 atom stereocenters. The van der Waals surface area contributed by atoms with Crippen molar-refractivity contribution in [2.75, 3.05) is 0 Å². The molecule has 10 N–H and O–H groups in total. The minimum absolute atomic E-state index is 0.0837. The maximum absolute atomic E-state index is 13.1. The average Bonchev–Trinajstić information content (AvgIpc) is 3.55. The largest absolute Gasteiger partial charge is 0.480 e. The van der Waals surface area contributed by atoms with Crippen LogP contribution in [-0.2, 0) is 36.8 Å². The van der Waals surface area contributed by atoms with Crippen LogP contribution in [0.1, 0.15) is 38.1 Å². The second-order valence-electron chi connectivity index (χ2n) is 8.67. The Labute approximate surface area is 212 Å². The number of hydrogen-bond acceptors (Lipinski definition) is 8. The van der Waals surface area contributed by atoms with Crippen molar-refractivity contribution in [2.45, 2.75) is 63.7 Å². The molecule has 0 aliphatic heterocycles. The highest BCUT2D eigenvalue weighted by molar-refractivity contribution is 5.96. The van der Waals surface area contributed by atoms with Crippen molar-refractivity contribution >= 4 is 29.6 Å². The fraction of sp³-hybridized carbons (Fsp3) is 0.500. The first-order valence-electron chi connectivity index (χ1n) is 11.6. The fourth-order valence-corrected chi connectivity index (χ4v) is 3.38. The van der Waals surface area contributed by atoms with E-state index in [4.69, 9.17) is 11.5 Å². The predicted molar refractivity (Wildman–Crippen MR) is 129 cm³/mol. The van der Waals surface area contributed by atoms with Crippen molar-refractivity contribution in [3.8, 4) is 0 Å². The van der Waals surface area contributed by atoms with E-state index in [0.29, 0.717) is 17.8 Å². The zero-order chi connectivity index (χ0) is 27.5. The Morgan fingerprint density at radius 3 is 1.84 bits per heavy atom. The number of nitrogens with one attached hydrogen (secondary N) is 5. The van der Waals surface area contributed by atoms with Gasteiger partial charge >= 0.3 is 5.97 Å². The number of aromatic amines is 2. The van der Waals surface area contributed by atoms with Crippen LogP contribution in [0.25, 0.3) is 0 Å². The van der Waals surface area contributed by atoms with Gasteiger partial charge in [0.05, 0.1) is 25.1 Å². The number of imidazole rings is 2. The first-order valence-corrected chi connectivity index (χ1v) is 11.6. The van der Waals surface area contributed by atoms with Crippen LogP contribution in [-0.4, -0.2) is 78.8 Å². The van der Waals surface area contributed by atoms with Crippen molar-refractivity contribution in [1.29, 1.82) is 0 Å². The van der Waals surface area contributed by atoms with Crippen molar-refractivity contribution in [1.82, 2.24) is 35.9 Å². The highest BCUT2D eigenvalue weighted by Gasteiger charge is 2.32. The molecule has 2 heterocycles. The second-order valence-corrected chi connectivity index (χ2v) is 8.67. The number of carbonyl (C=O) groups is 5. The molecule has 2 aromatic heterocycles. The molecule has 15 nitrogen and oxygen atoms in total. The van der Waals surface area contributed by atoms with Crippen LogP contribution in [0.2, 0.25) is 0 Å². The molecule has 0 saturated heterocycles. The Hall–Kier alpha value is -4.27. The van der Waals surface area contributed by atoms with Gasteiger partial charge in [0, 0.05) is 36.6 Å². The van der Waals surface area contributed by atoms with E-state index in [2.05, 4.69) is 35.9 Å². The van der Waals surface area contributed by atoms with Gasteiger partial charge in [-0.15, -0.1) is 0 Å². The van der Waals surface area contributed by atoms with Crippen LogP contribution >= 0.6 is 0 Å². The fourth-order valence-electron chi connectivity index (χ4n) is 3.38. The lowest BCUT2D eigenvalue weighted by atomic mass is 9.99. The van der Waals surface area contributed by atoms with E-state index in [1.165, 1.54) is 25.0 Å². The maximum Gasteiger partial charge on any atom is 0.326 e. The van der Waals surface area contributed by atoms with E-state index >= 15 is 0 Å². The first kappa shape index (κ1) is 29.0. The number of aromatic nitrogens is 4. The van der Waals surface area contributed by atoms with Crippen molar-refractivity contribution in [3.05, 3.63) is 36.4 Å². The smallest absolute Gasteiger partial charge is 0.326 e. The van der Waals surface area contributed by atoms with Crippen LogP contribution in [0.5, 0.6) is 0 Å². The molecular formula is C22H33N9O6.